The number of morpholine rings is 1. The second-order valence-corrected chi connectivity index (χ2v) is 6.31. The summed E-state index contributed by atoms with van der Waals surface area (Å²) in [4.78, 5) is 32.7. The molecule has 6 nitrogen and oxygen atoms in total. The van der Waals surface area contributed by atoms with Crippen molar-refractivity contribution >= 4 is 29.1 Å². The van der Waals surface area contributed by atoms with Gasteiger partial charge in [-0.05, 0) is 24.6 Å². The summed E-state index contributed by atoms with van der Waals surface area (Å²) in [6.07, 6.45) is 0.982. The number of aromatic nitrogens is 2. The van der Waals surface area contributed by atoms with Crippen molar-refractivity contribution in [2.75, 3.05) is 19.7 Å². The van der Waals surface area contributed by atoms with Gasteiger partial charge >= 0.3 is 0 Å². The molecule has 24 heavy (non-hydrogen) atoms. The first kappa shape index (κ1) is 17.0. The molecule has 8 heteroatoms. The summed E-state index contributed by atoms with van der Waals surface area (Å²) in [7, 11) is 0. The Balaban J connectivity index is 1.81. The fraction of sp³-hybridized carbons (Fsp3) is 0.312. The van der Waals surface area contributed by atoms with Crippen molar-refractivity contribution in [3.63, 3.8) is 0 Å². The van der Waals surface area contributed by atoms with Crippen molar-refractivity contribution in [3.8, 4) is 0 Å². The van der Waals surface area contributed by atoms with Gasteiger partial charge < -0.3 is 14.6 Å². The van der Waals surface area contributed by atoms with Gasteiger partial charge in [0.25, 0.3) is 11.5 Å². The van der Waals surface area contributed by atoms with Gasteiger partial charge in [-0.2, -0.15) is 0 Å². The largest absolute Gasteiger partial charge is 0.370 e. The molecule has 0 aliphatic carbocycles. The van der Waals surface area contributed by atoms with E-state index in [-0.39, 0.29) is 17.6 Å². The SMILES string of the molecule is Cc1ncc(C(=O)N2CCOC(c3ccc(Cl)c(Cl)c3)C2)c(=O)[nH]1. The normalized spacial score (nSPS) is 17.8. The molecule has 1 aliphatic rings. The van der Waals surface area contributed by atoms with Crippen molar-refractivity contribution in [2.45, 2.75) is 13.0 Å². The third-order valence-electron chi connectivity index (χ3n) is 3.83. The molecule has 3 rings (SSSR count). The van der Waals surface area contributed by atoms with Crippen LogP contribution >= 0.6 is 23.2 Å². The molecule has 1 fully saturated rings. The zero-order valence-corrected chi connectivity index (χ0v) is 14.4. The number of nitrogens with zero attached hydrogens (tertiary/aromatic N) is 2. The summed E-state index contributed by atoms with van der Waals surface area (Å²) in [6.45, 7) is 2.76. The van der Waals surface area contributed by atoms with Crippen LogP contribution in [0, 0.1) is 6.92 Å². The second kappa shape index (κ2) is 6.93. The zero-order valence-electron chi connectivity index (χ0n) is 12.9. The van der Waals surface area contributed by atoms with Gasteiger partial charge in [0.2, 0.25) is 0 Å². The van der Waals surface area contributed by atoms with E-state index in [1.165, 1.54) is 6.20 Å². The topological polar surface area (TPSA) is 75.3 Å². The van der Waals surface area contributed by atoms with E-state index < -0.39 is 5.56 Å². The van der Waals surface area contributed by atoms with E-state index in [1.54, 1.807) is 24.0 Å². The Morgan fingerprint density at radius 1 is 1.38 bits per heavy atom. The lowest BCUT2D eigenvalue weighted by Gasteiger charge is -2.33. The van der Waals surface area contributed by atoms with Crippen molar-refractivity contribution < 1.29 is 9.53 Å². The molecule has 1 atom stereocenters. The molecule has 1 aromatic heterocycles. The summed E-state index contributed by atoms with van der Waals surface area (Å²) in [6, 6.07) is 5.23. The van der Waals surface area contributed by atoms with E-state index >= 15 is 0 Å². The number of carbonyl (C=O) groups is 1. The highest BCUT2D eigenvalue weighted by atomic mass is 35.5. The molecule has 0 radical (unpaired) electrons. The maximum atomic E-state index is 12.6. The highest BCUT2D eigenvalue weighted by Crippen LogP contribution is 2.29. The van der Waals surface area contributed by atoms with Crippen molar-refractivity contribution in [1.29, 1.82) is 0 Å². The molecule has 126 valence electrons. The van der Waals surface area contributed by atoms with Crippen LogP contribution in [0.3, 0.4) is 0 Å². The first-order valence-corrected chi connectivity index (χ1v) is 8.13. The predicted molar refractivity (Wildman–Crippen MR) is 90.7 cm³/mol. The van der Waals surface area contributed by atoms with Crippen LogP contribution in [0.25, 0.3) is 0 Å². The summed E-state index contributed by atoms with van der Waals surface area (Å²) in [5.41, 5.74) is 0.415. The van der Waals surface area contributed by atoms with Crippen molar-refractivity contribution in [3.05, 3.63) is 61.7 Å². The number of rotatable bonds is 2. The first-order valence-electron chi connectivity index (χ1n) is 7.37. The smallest absolute Gasteiger partial charge is 0.263 e. The monoisotopic (exact) mass is 367 g/mol. The maximum absolute atomic E-state index is 12.6. The molecule has 0 saturated carbocycles. The molecular weight excluding hydrogens is 353 g/mol. The number of ether oxygens (including phenoxy) is 1. The lowest BCUT2D eigenvalue weighted by Crippen LogP contribution is -2.44. The molecule has 1 N–H and O–H groups in total. The minimum atomic E-state index is -0.440. The van der Waals surface area contributed by atoms with Gasteiger partial charge in [-0.15, -0.1) is 0 Å². The molecule has 2 heterocycles. The van der Waals surface area contributed by atoms with Gasteiger partial charge in [0.1, 0.15) is 17.5 Å². The Hall–Kier alpha value is -1.89. The number of halogens is 2. The van der Waals surface area contributed by atoms with E-state index in [0.717, 1.165) is 5.56 Å². The highest BCUT2D eigenvalue weighted by molar-refractivity contribution is 6.42. The van der Waals surface area contributed by atoms with Crippen LogP contribution in [-0.4, -0.2) is 40.5 Å². The van der Waals surface area contributed by atoms with Crippen LogP contribution in [0.2, 0.25) is 10.0 Å². The Morgan fingerprint density at radius 3 is 2.88 bits per heavy atom. The van der Waals surface area contributed by atoms with Gasteiger partial charge in [0.15, 0.2) is 0 Å². The lowest BCUT2D eigenvalue weighted by atomic mass is 10.1. The number of aromatic amines is 1. The Morgan fingerprint density at radius 2 is 2.17 bits per heavy atom. The number of aryl methyl sites for hydroxylation is 1. The van der Waals surface area contributed by atoms with Gasteiger partial charge in [-0.1, -0.05) is 29.3 Å². The minimum absolute atomic E-state index is 0.0235. The third-order valence-corrected chi connectivity index (χ3v) is 4.56. The van der Waals surface area contributed by atoms with E-state index in [1.807, 2.05) is 6.07 Å². The molecule has 0 spiro atoms. The predicted octanol–water partition coefficient (Wildman–Crippen LogP) is 2.60. The number of hydrogen-bond donors (Lipinski definition) is 1. The Labute approximate surface area is 148 Å². The van der Waals surface area contributed by atoms with Gasteiger partial charge in [-0.25, -0.2) is 4.98 Å². The fourth-order valence-corrected chi connectivity index (χ4v) is 2.86. The molecule has 1 unspecified atom stereocenters. The zero-order chi connectivity index (χ0) is 17.3. The minimum Gasteiger partial charge on any atom is -0.370 e. The molecule has 1 aliphatic heterocycles. The fourth-order valence-electron chi connectivity index (χ4n) is 2.55. The lowest BCUT2D eigenvalue weighted by molar-refractivity contribution is -0.0229. The molecular formula is C16H15Cl2N3O3. The first-order chi connectivity index (χ1) is 11.5. The molecule has 1 saturated heterocycles. The Bertz CT molecular complexity index is 838. The van der Waals surface area contributed by atoms with E-state index in [4.69, 9.17) is 27.9 Å². The van der Waals surface area contributed by atoms with Crippen LogP contribution in [0.15, 0.2) is 29.2 Å². The van der Waals surface area contributed by atoms with E-state index in [9.17, 15) is 9.59 Å². The molecule has 2 aromatic rings. The summed E-state index contributed by atoms with van der Waals surface area (Å²) in [5.74, 6) is 0.101. The van der Waals surface area contributed by atoms with Crippen LogP contribution in [-0.2, 0) is 4.74 Å². The average molecular weight is 368 g/mol. The van der Waals surface area contributed by atoms with Crippen LogP contribution in [0.5, 0.6) is 0 Å². The summed E-state index contributed by atoms with van der Waals surface area (Å²) < 4.78 is 5.73. The van der Waals surface area contributed by atoms with Gasteiger partial charge in [-0.3, -0.25) is 9.59 Å². The number of carbonyl (C=O) groups excluding carboxylic acids is 1. The molecule has 0 bridgehead atoms. The number of hydrogen-bond acceptors (Lipinski definition) is 4. The second-order valence-electron chi connectivity index (χ2n) is 5.50. The number of amides is 1. The summed E-state index contributed by atoms with van der Waals surface area (Å²) in [5, 5.41) is 0.891. The quantitative estimate of drug-likeness (QED) is 0.884. The number of benzene rings is 1. The van der Waals surface area contributed by atoms with E-state index in [2.05, 4.69) is 9.97 Å². The number of nitrogens with one attached hydrogen (secondary N) is 1. The maximum Gasteiger partial charge on any atom is 0.263 e. The summed E-state index contributed by atoms with van der Waals surface area (Å²) >= 11 is 12.0. The molecule has 1 aromatic carbocycles. The van der Waals surface area contributed by atoms with E-state index in [0.29, 0.717) is 35.6 Å². The van der Waals surface area contributed by atoms with Crippen LogP contribution in [0.4, 0.5) is 0 Å². The van der Waals surface area contributed by atoms with Gasteiger partial charge in [0.05, 0.1) is 23.2 Å². The van der Waals surface area contributed by atoms with Crippen LogP contribution in [0.1, 0.15) is 27.8 Å². The van der Waals surface area contributed by atoms with Crippen LogP contribution < -0.4 is 5.56 Å². The third kappa shape index (κ3) is 3.45. The number of H-pyrrole nitrogens is 1. The highest BCUT2D eigenvalue weighted by Gasteiger charge is 2.28. The van der Waals surface area contributed by atoms with Crippen molar-refractivity contribution in [2.24, 2.45) is 0 Å². The average Bonchev–Trinajstić information content (AvgIpc) is 2.57. The Kier molecular flexibility index (Phi) is 4.89. The standard InChI is InChI=1S/C16H15Cl2N3O3/c1-9-19-7-11(15(22)20-9)16(23)21-4-5-24-14(8-21)10-2-3-12(17)13(18)6-10/h2-3,6-7,14H,4-5,8H2,1H3,(H,19,20,22). The molecule has 1 amide bonds. The van der Waals surface area contributed by atoms with Crippen molar-refractivity contribution in [1.82, 2.24) is 14.9 Å². The van der Waals surface area contributed by atoms with Gasteiger partial charge in [0, 0.05) is 12.7 Å².